The maximum atomic E-state index is 9.32. The molecule has 8 heteroatoms. The van der Waals surface area contributed by atoms with Gasteiger partial charge in [-0.05, 0) is 39.3 Å². The van der Waals surface area contributed by atoms with Gasteiger partial charge in [-0.25, -0.2) is 9.97 Å². The monoisotopic (exact) mass is 392 g/mol. The first-order valence-corrected chi connectivity index (χ1v) is 9.86. The first-order valence-electron chi connectivity index (χ1n) is 9.86. The first-order chi connectivity index (χ1) is 14.1. The lowest BCUT2D eigenvalue weighted by molar-refractivity contribution is 0.195. The van der Waals surface area contributed by atoms with Crippen molar-refractivity contribution in [1.29, 1.82) is 5.26 Å². The van der Waals surface area contributed by atoms with Crippen LogP contribution in [0.3, 0.4) is 0 Å². The Bertz CT molecular complexity index is 1060. The van der Waals surface area contributed by atoms with Gasteiger partial charge in [0.2, 0.25) is 5.88 Å². The fraction of sp³-hybridized carbons (Fsp3) is 0.429. The molecule has 4 rings (SSSR count). The normalized spacial score (nSPS) is 16.3. The van der Waals surface area contributed by atoms with Crippen molar-refractivity contribution in [3.05, 3.63) is 30.1 Å². The van der Waals surface area contributed by atoms with Crippen molar-refractivity contribution in [1.82, 2.24) is 19.7 Å². The summed E-state index contributed by atoms with van der Waals surface area (Å²) in [5, 5.41) is 17.6. The molecule has 29 heavy (non-hydrogen) atoms. The molecule has 0 spiro atoms. The van der Waals surface area contributed by atoms with Crippen molar-refractivity contribution in [2.75, 3.05) is 25.1 Å². The van der Waals surface area contributed by atoms with Crippen LogP contribution in [0.2, 0.25) is 0 Å². The Kier molecular flexibility index (Phi) is 5.32. The van der Waals surface area contributed by atoms with Gasteiger partial charge >= 0.3 is 0 Å². The van der Waals surface area contributed by atoms with Crippen molar-refractivity contribution >= 4 is 16.7 Å². The van der Waals surface area contributed by atoms with E-state index in [0.29, 0.717) is 35.9 Å². The molecule has 0 bridgehead atoms. The molecule has 8 nitrogen and oxygen atoms in total. The number of ether oxygens (including phenoxy) is 2. The second-order valence-electron chi connectivity index (χ2n) is 7.32. The number of nitrogens with one attached hydrogen (secondary N) is 1. The largest absolute Gasteiger partial charge is 0.477 e. The number of anilines is 1. The van der Waals surface area contributed by atoms with Crippen LogP contribution in [0.25, 0.3) is 22.3 Å². The van der Waals surface area contributed by atoms with Crippen LogP contribution in [0.15, 0.2) is 24.5 Å². The Hall–Kier alpha value is -3.18. The highest BCUT2D eigenvalue weighted by Crippen LogP contribution is 2.33. The molecule has 0 saturated carbocycles. The third kappa shape index (κ3) is 3.87. The fourth-order valence-corrected chi connectivity index (χ4v) is 3.35. The molecule has 1 atom stereocenters. The van der Waals surface area contributed by atoms with Gasteiger partial charge in [0.25, 0.3) is 0 Å². The lowest BCUT2D eigenvalue weighted by atomic mass is 10.1. The Morgan fingerprint density at radius 1 is 1.41 bits per heavy atom. The van der Waals surface area contributed by atoms with Crippen molar-refractivity contribution < 1.29 is 9.47 Å². The number of nitriles is 1. The molecule has 150 valence electrons. The lowest BCUT2D eigenvalue weighted by Crippen LogP contribution is -2.19. The molecule has 1 N–H and O–H groups in total. The molecular formula is C21H24N6O2. The Balaban J connectivity index is 1.87. The summed E-state index contributed by atoms with van der Waals surface area (Å²) in [5.74, 6) is 0.463. The summed E-state index contributed by atoms with van der Waals surface area (Å²) in [7, 11) is 0. The number of hydrogen-bond acceptors (Lipinski definition) is 7. The average molecular weight is 392 g/mol. The number of pyridine rings is 2. The molecule has 0 radical (unpaired) electrons. The highest BCUT2D eigenvalue weighted by atomic mass is 16.5. The summed E-state index contributed by atoms with van der Waals surface area (Å²) in [6, 6.07) is 6.31. The van der Waals surface area contributed by atoms with Gasteiger partial charge in [0.05, 0.1) is 48.0 Å². The molecule has 4 heterocycles. The van der Waals surface area contributed by atoms with Crippen LogP contribution in [0.1, 0.15) is 38.8 Å². The maximum Gasteiger partial charge on any atom is 0.222 e. The maximum absolute atomic E-state index is 9.32. The van der Waals surface area contributed by atoms with E-state index in [0.717, 1.165) is 29.7 Å². The van der Waals surface area contributed by atoms with Crippen LogP contribution in [-0.2, 0) is 4.74 Å². The van der Waals surface area contributed by atoms with Crippen molar-refractivity contribution in [3.8, 4) is 23.2 Å². The summed E-state index contributed by atoms with van der Waals surface area (Å²) in [4.78, 5) is 9.13. The number of hydrogen-bond donors (Lipinski definition) is 1. The van der Waals surface area contributed by atoms with Crippen LogP contribution < -0.4 is 10.1 Å². The number of fused-ring (bicyclic) bond motifs is 1. The van der Waals surface area contributed by atoms with E-state index in [1.54, 1.807) is 6.07 Å². The van der Waals surface area contributed by atoms with E-state index in [1.165, 1.54) is 6.20 Å². The molecule has 0 amide bonds. The van der Waals surface area contributed by atoms with Crippen LogP contribution >= 0.6 is 0 Å². The van der Waals surface area contributed by atoms with Crippen LogP contribution in [0.4, 0.5) is 5.69 Å². The van der Waals surface area contributed by atoms with Crippen LogP contribution in [-0.4, -0.2) is 45.6 Å². The van der Waals surface area contributed by atoms with E-state index in [9.17, 15) is 5.26 Å². The highest BCUT2D eigenvalue weighted by molar-refractivity contribution is 5.91. The SMILES string of the molecule is CCOc1ncc(C#N)cc1-c1cc(N[C@@H]2CCOC2)c2nn(C(C)C)cc2n1. The summed E-state index contributed by atoms with van der Waals surface area (Å²) in [6.45, 7) is 7.96. The number of aromatic nitrogens is 4. The third-order valence-corrected chi connectivity index (χ3v) is 4.85. The van der Waals surface area contributed by atoms with Crippen molar-refractivity contribution in [3.63, 3.8) is 0 Å². The minimum absolute atomic E-state index is 0.220. The quantitative estimate of drug-likeness (QED) is 0.685. The van der Waals surface area contributed by atoms with Crippen LogP contribution in [0, 0.1) is 11.3 Å². The second kappa shape index (κ2) is 8.05. The molecule has 0 aromatic carbocycles. The molecular weight excluding hydrogens is 368 g/mol. The summed E-state index contributed by atoms with van der Waals surface area (Å²) in [6.07, 6.45) is 4.40. The zero-order valence-corrected chi connectivity index (χ0v) is 16.8. The molecule has 0 unspecified atom stereocenters. The van der Waals surface area contributed by atoms with E-state index < -0.39 is 0 Å². The third-order valence-electron chi connectivity index (χ3n) is 4.85. The van der Waals surface area contributed by atoms with Gasteiger partial charge in [-0.15, -0.1) is 0 Å². The fourth-order valence-electron chi connectivity index (χ4n) is 3.35. The standard InChI is InChI=1S/C21H24N6O2/c1-4-29-21-16(7-14(9-22)10-23-21)17-8-18(24-15-5-6-28-12-15)20-19(25-17)11-27(26-20)13(2)3/h7-8,10-11,13,15,24H,4-6,12H2,1-3H3/t15-/m1/s1. The average Bonchev–Trinajstić information content (AvgIpc) is 3.38. The summed E-state index contributed by atoms with van der Waals surface area (Å²) in [5.41, 5.74) is 4.33. The van der Waals surface area contributed by atoms with E-state index in [2.05, 4.69) is 30.2 Å². The van der Waals surface area contributed by atoms with E-state index in [-0.39, 0.29) is 12.1 Å². The van der Waals surface area contributed by atoms with Gasteiger partial charge in [-0.2, -0.15) is 10.4 Å². The van der Waals surface area contributed by atoms with E-state index in [4.69, 9.17) is 19.6 Å². The minimum Gasteiger partial charge on any atom is -0.477 e. The van der Waals surface area contributed by atoms with Gasteiger partial charge in [0, 0.05) is 18.8 Å². The molecule has 3 aromatic heterocycles. The summed E-state index contributed by atoms with van der Waals surface area (Å²) >= 11 is 0. The van der Waals surface area contributed by atoms with E-state index in [1.807, 2.05) is 23.9 Å². The molecule has 3 aromatic rings. The van der Waals surface area contributed by atoms with Gasteiger partial charge in [-0.3, -0.25) is 4.68 Å². The number of rotatable bonds is 6. The second-order valence-corrected chi connectivity index (χ2v) is 7.32. The predicted octanol–water partition coefficient (Wildman–Crippen LogP) is 3.55. The zero-order chi connectivity index (χ0) is 20.4. The first kappa shape index (κ1) is 19.2. The van der Waals surface area contributed by atoms with Gasteiger partial charge in [0.15, 0.2) is 0 Å². The summed E-state index contributed by atoms with van der Waals surface area (Å²) < 4.78 is 13.1. The van der Waals surface area contributed by atoms with Crippen molar-refractivity contribution in [2.45, 2.75) is 39.3 Å². The van der Waals surface area contributed by atoms with E-state index >= 15 is 0 Å². The zero-order valence-electron chi connectivity index (χ0n) is 16.8. The Morgan fingerprint density at radius 3 is 2.97 bits per heavy atom. The van der Waals surface area contributed by atoms with Crippen LogP contribution in [0.5, 0.6) is 5.88 Å². The van der Waals surface area contributed by atoms with Gasteiger partial charge in [-0.1, -0.05) is 0 Å². The lowest BCUT2D eigenvalue weighted by Gasteiger charge is -2.15. The van der Waals surface area contributed by atoms with Gasteiger partial charge in [0.1, 0.15) is 17.1 Å². The molecule has 1 aliphatic rings. The molecule has 1 fully saturated rings. The topological polar surface area (TPSA) is 97.9 Å². The van der Waals surface area contributed by atoms with Crippen molar-refractivity contribution in [2.24, 2.45) is 0 Å². The highest BCUT2D eigenvalue weighted by Gasteiger charge is 2.20. The van der Waals surface area contributed by atoms with Gasteiger partial charge < -0.3 is 14.8 Å². The minimum atomic E-state index is 0.220. The molecule has 1 saturated heterocycles. The predicted molar refractivity (Wildman–Crippen MR) is 110 cm³/mol. The molecule has 1 aliphatic heterocycles. The Morgan fingerprint density at radius 2 is 2.28 bits per heavy atom. The number of nitrogens with zero attached hydrogens (tertiary/aromatic N) is 5. The smallest absolute Gasteiger partial charge is 0.222 e. The molecule has 0 aliphatic carbocycles. The Labute approximate surface area is 169 Å².